The molecule has 27 heavy (non-hydrogen) atoms. The first kappa shape index (κ1) is 19.0. The molecule has 0 aliphatic heterocycles. The van der Waals surface area contributed by atoms with E-state index < -0.39 is 6.04 Å². The molecule has 3 rings (SSSR count). The zero-order valence-electron chi connectivity index (χ0n) is 14.9. The number of carbonyl (C=O) groups is 1. The molecule has 0 aromatic heterocycles. The predicted octanol–water partition coefficient (Wildman–Crippen LogP) is 4.36. The first-order chi connectivity index (χ1) is 13.1. The molecular formula is C22H20ClNO3. The van der Waals surface area contributed by atoms with E-state index >= 15 is 0 Å². The third-order valence-corrected chi connectivity index (χ3v) is 4.64. The van der Waals surface area contributed by atoms with Gasteiger partial charge in [-0.1, -0.05) is 48.0 Å². The Labute approximate surface area is 163 Å². The number of methoxy groups -OCH3 is 1. The Morgan fingerprint density at radius 1 is 1.15 bits per heavy atom. The van der Waals surface area contributed by atoms with Gasteiger partial charge in [0.05, 0.1) is 19.8 Å². The number of hydrogen-bond donors (Lipinski definition) is 2. The van der Waals surface area contributed by atoms with E-state index in [4.69, 9.17) is 16.3 Å². The number of fused-ring (bicyclic) bond motifs is 1. The quantitative estimate of drug-likeness (QED) is 0.623. The highest BCUT2D eigenvalue weighted by Gasteiger charge is 2.13. The summed E-state index contributed by atoms with van der Waals surface area (Å²) < 4.78 is 5.26. The lowest BCUT2D eigenvalue weighted by atomic mass is 10.0. The molecule has 0 fully saturated rings. The number of benzene rings is 3. The van der Waals surface area contributed by atoms with Crippen molar-refractivity contribution in [2.75, 3.05) is 13.7 Å². The van der Waals surface area contributed by atoms with Gasteiger partial charge < -0.3 is 15.2 Å². The van der Waals surface area contributed by atoms with Crippen LogP contribution in [0.25, 0.3) is 16.8 Å². The second-order valence-electron chi connectivity index (χ2n) is 6.07. The van der Waals surface area contributed by atoms with Crippen LogP contribution in [0.2, 0.25) is 5.02 Å². The minimum absolute atomic E-state index is 0.207. The van der Waals surface area contributed by atoms with Crippen molar-refractivity contribution in [2.24, 2.45) is 0 Å². The molecule has 0 aliphatic carbocycles. The smallest absolute Gasteiger partial charge is 0.244 e. The fraction of sp³-hybridized carbons (Fsp3) is 0.136. The van der Waals surface area contributed by atoms with Crippen molar-refractivity contribution in [3.05, 3.63) is 82.9 Å². The van der Waals surface area contributed by atoms with Gasteiger partial charge in [0.2, 0.25) is 5.91 Å². The molecule has 0 saturated heterocycles. The SMILES string of the molecule is COc1ccc2ccc(C(CO)NC(=O)C=Cc3ccccc3Cl)cc2c1. The number of amides is 1. The lowest BCUT2D eigenvalue weighted by Gasteiger charge is -2.16. The van der Waals surface area contributed by atoms with E-state index in [1.165, 1.54) is 6.08 Å². The highest BCUT2D eigenvalue weighted by atomic mass is 35.5. The van der Waals surface area contributed by atoms with Gasteiger partial charge in [0.25, 0.3) is 0 Å². The number of ether oxygens (including phenoxy) is 1. The topological polar surface area (TPSA) is 58.6 Å². The van der Waals surface area contributed by atoms with Crippen LogP contribution in [-0.2, 0) is 4.79 Å². The van der Waals surface area contributed by atoms with E-state index in [0.29, 0.717) is 5.02 Å². The maximum atomic E-state index is 12.3. The standard InChI is InChI=1S/C22H20ClNO3/c1-27-19-10-8-15-6-7-17(12-18(15)13-19)21(14-25)24-22(26)11-9-16-4-2-3-5-20(16)23/h2-13,21,25H,14H2,1H3,(H,24,26). The maximum Gasteiger partial charge on any atom is 0.244 e. The van der Waals surface area contributed by atoms with Gasteiger partial charge in [-0.2, -0.15) is 0 Å². The summed E-state index contributed by atoms with van der Waals surface area (Å²) in [5.74, 6) is 0.451. The first-order valence-electron chi connectivity index (χ1n) is 8.52. The number of rotatable bonds is 6. The Bertz CT molecular complexity index is 984. The normalized spacial score (nSPS) is 12.3. The van der Waals surface area contributed by atoms with E-state index in [9.17, 15) is 9.90 Å². The fourth-order valence-corrected chi connectivity index (χ4v) is 3.02. The van der Waals surface area contributed by atoms with Gasteiger partial charge in [0, 0.05) is 11.1 Å². The Hall–Kier alpha value is -2.82. The molecule has 0 bridgehead atoms. The number of nitrogens with one attached hydrogen (secondary N) is 1. The lowest BCUT2D eigenvalue weighted by Crippen LogP contribution is -2.29. The molecule has 0 spiro atoms. The van der Waals surface area contributed by atoms with Crippen LogP contribution in [0.4, 0.5) is 0 Å². The summed E-state index contributed by atoms with van der Waals surface area (Å²) in [5, 5.41) is 15.2. The summed E-state index contributed by atoms with van der Waals surface area (Å²) in [5.41, 5.74) is 1.57. The molecule has 0 heterocycles. The molecule has 3 aromatic rings. The van der Waals surface area contributed by atoms with Crippen molar-refractivity contribution in [1.29, 1.82) is 0 Å². The molecule has 4 nitrogen and oxygen atoms in total. The van der Waals surface area contributed by atoms with E-state index in [2.05, 4.69) is 5.32 Å². The molecule has 5 heteroatoms. The molecule has 0 radical (unpaired) electrons. The van der Waals surface area contributed by atoms with Crippen LogP contribution >= 0.6 is 11.6 Å². The lowest BCUT2D eigenvalue weighted by molar-refractivity contribution is -0.117. The summed E-state index contributed by atoms with van der Waals surface area (Å²) >= 11 is 6.08. The zero-order chi connectivity index (χ0) is 19.2. The number of carbonyl (C=O) groups excluding carboxylic acids is 1. The molecule has 138 valence electrons. The van der Waals surface area contributed by atoms with Crippen molar-refractivity contribution in [3.63, 3.8) is 0 Å². The molecule has 0 aliphatic rings. The summed E-state index contributed by atoms with van der Waals surface area (Å²) in [6, 6.07) is 18.3. The van der Waals surface area contributed by atoms with Gasteiger partial charge in [0.15, 0.2) is 0 Å². The molecule has 1 unspecified atom stereocenters. The average molecular weight is 382 g/mol. The summed E-state index contributed by atoms with van der Waals surface area (Å²) in [6.45, 7) is -0.207. The van der Waals surface area contributed by atoms with Crippen molar-refractivity contribution in [3.8, 4) is 5.75 Å². The van der Waals surface area contributed by atoms with Crippen LogP contribution in [0.3, 0.4) is 0 Å². The van der Waals surface area contributed by atoms with Gasteiger partial charge in [-0.15, -0.1) is 0 Å². The van der Waals surface area contributed by atoms with Crippen LogP contribution in [0.15, 0.2) is 66.7 Å². The second-order valence-corrected chi connectivity index (χ2v) is 6.48. The third-order valence-electron chi connectivity index (χ3n) is 4.29. The van der Waals surface area contributed by atoms with E-state index in [1.54, 1.807) is 19.3 Å². The van der Waals surface area contributed by atoms with Gasteiger partial charge >= 0.3 is 0 Å². The molecule has 0 saturated carbocycles. The fourth-order valence-electron chi connectivity index (χ4n) is 2.82. The molecular weight excluding hydrogens is 362 g/mol. The molecule has 1 amide bonds. The van der Waals surface area contributed by atoms with Crippen LogP contribution in [0, 0.1) is 0 Å². The zero-order valence-corrected chi connectivity index (χ0v) is 15.6. The minimum Gasteiger partial charge on any atom is -0.497 e. The number of hydrogen-bond acceptors (Lipinski definition) is 3. The Balaban J connectivity index is 1.77. The van der Waals surface area contributed by atoms with Crippen LogP contribution < -0.4 is 10.1 Å². The maximum absolute atomic E-state index is 12.3. The first-order valence-corrected chi connectivity index (χ1v) is 8.90. The second kappa shape index (κ2) is 8.71. The average Bonchev–Trinajstić information content (AvgIpc) is 2.70. The highest BCUT2D eigenvalue weighted by molar-refractivity contribution is 6.32. The summed E-state index contributed by atoms with van der Waals surface area (Å²) in [6.07, 6.45) is 3.06. The minimum atomic E-state index is -0.510. The van der Waals surface area contributed by atoms with Gasteiger partial charge in [-0.25, -0.2) is 0 Å². The van der Waals surface area contributed by atoms with Gasteiger partial charge in [-0.3, -0.25) is 4.79 Å². The predicted molar refractivity (Wildman–Crippen MR) is 109 cm³/mol. The van der Waals surface area contributed by atoms with Crippen LogP contribution in [0.5, 0.6) is 5.75 Å². The van der Waals surface area contributed by atoms with Crippen molar-refractivity contribution in [2.45, 2.75) is 6.04 Å². The molecule has 3 aromatic carbocycles. The van der Waals surface area contributed by atoms with Crippen LogP contribution in [0.1, 0.15) is 17.2 Å². The van der Waals surface area contributed by atoms with Crippen molar-refractivity contribution < 1.29 is 14.6 Å². The number of aliphatic hydroxyl groups excluding tert-OH is 1. The monoisotopic (exact) mass is 381 g/mol. The third kappa shape index (κ3) is 4.67. The van der Waals surface area contributed by atoms with Gasteiger partial charge in [-0.05, 0) is 52.2 Å². The van der Waals surface area contributed by atoms with Crippen molar-refractivity contribution in [1.82, 2.24) is 5.32 Å². The number of aliphatic hydroxyl groups is 1. The number of halogens is 1. The molecule has 1 atom stereocenters. The Morgan fingerprint density at radius 3 is 2.67 bits per heavy atom. The Morgan fingerprint density at radius 2 is 1.93 bits per heavy atom. The van der Waals surface area contributed by atoms with E-state index in [1.807, 2.05) is 54.6 Å². The van der Waals surface area contributed by atoms with E-state index in [-0.39, 0.29) is 12.5 Å². The van der Waals surface area contributed by atoms with Crippen LogP contribution in [-0.4, -0.2) is 24.7 Å². The summed E-state index contributed by atoms with van der Waals surface area (Å²) in [7, 11) is 1.62. The molecule has 2 N–H and O–H groups in total. The van der Waals surface area contributed by atoms with Gasteiger partial charge in [0.1, 0.15) is 5.75 Å². The summed E-state index contributed by atoms with van der Waals surface area (Å²) in [4.78, 5) is 12.3. The highest BCUT2D eigenvalue weighted by Crippen LogP contribution is 2.24. The Kier molecular flexibility index (Phi) is 6.12. The van der Waals surface area contributed by atoms with Crippen molar-refractivity contribution >= 4 is 34.4 Å². The van der Waals surface area contributed by atoms with E-state index in [0.717, 1.165) is 27.6 Å². The largest absolute Gasteiger partial charge is 0.497 e.